The van der Waals surface area contributed by atoms with Crippen molar-refractivity contribution in [3.8, 4) is 11.4 Å². The van der Waals surface area contributed by atoms with E-state index in [1.807, 2.05) is 36.4 Å². The van der Waals surface area contributed by atoms with Gasteiger partial charge in [-0.1, -0.05) is 35.3 Å². The quantitative estimate of drug-likeness (QED) is 0.506. The fourth-order valence-electron chi connectivity index (χ4n) is 2.57. The monoisotopic (exact) mass is 416 g/mol. The SMILES string of the molecule is CN(C)CCCNc1nc(Nc2cccc(Cl)c2Cl)cc(-c2ccccn2)n1. The molecule has 8 heteroatoms. The Morgan fingerprint density at radius 2 is 1.86 bits per heavy atom. The standard InChI is InChI=1S/C20H22Cl2N6/c1-28(2)12-6-11-24-20-26-17(15-8-3-4-10-23-15)13-18(27-20)25-16-9-5-7-14(21)19(16)22/h3-5,7-10,13H,6,11-12H2,1-2H3,(H2,24,25,26,27). The molecule has 3 rings (SSSR count). The van der Waals surface area contributed by atoms with E-state index in [0.29, 0.717) is 33.2 Å². The van der Waals surface area contributed by atoms with Gasteiger partial charge >= 0.3 is 0 Å². The van der Waals surface area contributed by atoms with Crippen LogP contribution in [0.25, 0.3) is 11.4 Å². The van der Waals surface area contributed by atoms with Crippen molar-refractivity contribution in [2.75, 3.05) is 37.8 Å². The smallest absolute Gasteiger partial charge is 0.225 e. The van der Waals surface area contributed by atoms with Crippen LogP contribution in [0.1, 0.15) is 6.42 Å². The van der Waals surface area contributed by atoms with Crippen LogP contribution < -0.4 is 10.6 Å². The van der Waals surface area contributed by atoms with Crippen molar-refractivity contribution >= 4 is 40.7 Å². The Morgan fingerprint density at radius 3 is 2.61 bits per heavy atom. The second-order valence-electron chi connectivity index (χ2n) is 6.49. The molecule has 0 saturated heterocycles. The van der Waals surface area contributed by atoms with E-state index in [4.69, 9.17) is 23.2 Å². The molecule has 28 heavy (non-hydrogen) atoms. The van der Waals surface area contributed by atoms with Gasteiger partial charge in [0, 0.05) is 18.8 Å². The number of aromatic nitrogens is 3. The van der Waals surface area contributed by atoms with E-state index in [9.17, 15) is 0 Å². The van der Waals surface area contributed by atoms with E-state index in [0.717, 1.165) is 25.2 Å². The summed E-state index contributed by atoms with van der Waals surface area (Å²) >= 11 is 12.4. The molecule has 0 amide bonds. The Kier molecular flexibility index (Phi) is 7.03. The first-order valence-electron chi connectivity index (χ1n) is 8.93. The van der Waals surface area contributed by atoms with Gasteiger partial charge in [0.05, 0.1) is 27.1 Å². The van der Waals surface area contributed by atoms with Crippen LogP contribution in [0.4, 0.5) is 17.5 Å². The Labute approximate surface area is 174 Å². The third-order valence-corrected chi connectivity index (χ3v) is 4.75. The summed E-state index contributed by atoms with van der Waals surface area (Å²) in [5.41, 5.74) is 2.16. The zero-order valence-electron chi connectivity index (χ0n) is 15.8. The summed E-state index contributed by atoms with van der Waals surface area (Å²) in [6.07, 6.45) is 2.72. The van der Waals surface area contributed by atoms with Crippen LogP contribution in [-0.2, 0) is 0 Å². The molecule has 2 N–H and O–H groups in total. The number of nitrogens with one attached hydrogen (secondary N) is 2. The molecule has 0 radical (unpaired) electrons. The molecule has 3 aromatic rings. The van der Waals surface area contributed by atoms with Crippen LogP contribution in [-0.4, -0.2) is 47.0 Å². The predicted molar refractivity (Wildman–Crippen MR) is 117 cm³/mol. The third kappa shape index (κ3) is 5.55. The molecule has 0 spiro atoms. The van der Waals surface area contributed by atoms with Crippen molar-refractivity contribution < 1.29 is 0 Å². The molecule has 2 heterocycles. The first-order valence-corrected chi connectivity index (χ1v) is 9.68. The van der Waals surface area contributed by atoms with Crippen molar-refractivity contribution in [3.63, 3.8) is 0 Å². The normalized spacial score (nSPS) is 10.9. The van der Waals surface area contributed by atoms with Crippen LogP contribution >= 0.6 is 23.2 Å². The van der Waals surface area contributed by atoms with Crippen molar-refractivity contribution in [1.82, 2.24) is 19.9 Å². The van der Waals surface area contributed by atoms with Crippen LogP contribution in [0.15, 0.2) is 48.7 Å². The maximum atomic E-state index is 6.30. The fraction of sp³-hybridized carbons (Fsp3) is 0.250. The van der Waals surface area contributed by atoms with Gasteiger partial charge in [-0.15, -0.1) is 0 Å². The number of halogens is 2. The Hall–Kier alpha value is -2.41. The van der Waals surface area contributed by atoms with E-state index in [-0.39, 0.29) is 0 Å². The summed E-state index contributed by atoms with van der Waals surface area (Å²) in [7, 11) is 4.10. The number of hydrogen-bond acceptors (Lipinski definition) is 6. The van der Waals surface area contributed by atoms with Crippen molar-refractivity contribution in [1.29, 1.82) is 0 Å². The molecular formula is C20H22Cl2N6. The van der Waals surface area contributed by atoms with E-state index in [2.05, 4.69) is 44.6 Å². The average Bonchev–Trinajstić information content (AvgIpc) is 2.69. The van der Waals surface area contributed by atoms with Crippen molar-refractivity contribution in [3.05, 3.63) is 58.7 Å². The summed E-state index contributed by atoms with van der Waals surface area (Å²) in [6.45, 7) is 1.75. The lowest BCUT2D eigenvalue weighted by atomic mass is 10.2. The number of rotatable bonds is 8. The molecule has 0 aliphatic rings. The lowest BCUT2D eigenvalue weighted by Gasteiger charge is -2.13. The molecule has 0 saturated carbocycles. The van der Waals surface area contributed by atoms with Gasteiger partial charge in [0.15, 0.2) is 0 Å². The maximum absolute atomic E-state index is 6.30. The van der Waals surface area contributed by atoms with E-state index >= 15 is 0 Å². The molecule has 2 aromatic heterocycles. The summed E-state index contributed by atoms with van der Waals surface area (Å²) in [6, 6.07) is 13.0. The lowest BCUT2D eigenvalue weighted by Crippen LogP contribution is -2.17. The molecule has 146 valence electrons. The zero-order chi connectivity index (χ0) is 19.9. The average molecular weight is 417 g/mol. The molecule has 0 fully saturated rings. The molecule has 0 atom stereocenters. The topological polar surface area (TPSA) is 66.0 Å². The number of hydrogen-bond donors (Lipinski definition) is 2. The highest BCUT2D eigenvalue weighted by molar-refractivity contribution is 6.43. The van der Waals surface area contributed by atoms with E-state index in [1.54, 1.807) is 12.3 Å². The van der Waals surface area contributed by atoms with Gasteiger partial charge in [-0.25, -0.2) is 4.98 Å². The summed E-state index contributed by atoms with van der Waals surface area (Å²) < 4.78 is 0. The highest BCUT2D eigenvalue weighted by Gasteiger charge is 2.10. The van der Waals surface area contributed by atoms with Crippen molar-refractivity contribution in [2.24, 2.45) is 0 Å². The first kappa shape index (κ1) is 20.3. The molecule has 6 nitrogen and oxygen atoms in total. The molecular weight excluding hydrogens is 395 g/mol. The van der Waals surface area contributed by atoms with Crippen LogP contribution in [0, 0.1) is 0 Å². The van der Waals surface area contributed by atoms with Crippen molar-refractivity contribution in [2.45, 2.75) is 6.42 Å². The predicted octanol–water partition coefficient (Wildman–Crippen LogP) is 4.95. The van der Waals surface area contributed by atoms with Gasteiger partial charge in [-0.2, -0.15) is 4.98 Å². The fourth-order valence-corrected chi connectivity index (χ4v) is 2.92. The molecule has 0 aliphatic heterocycles. The number of benzene rings is 1. The van der Waals surface area contributed by atoms with Gasteiger partial charge in [0.2, 0.25) is 5.95 Å². The van der Waals surface area contributed by atoms with Gasteiger partial charge < -0.3 is 15.5 Å². The summed E-state index contributed by atoms with van der Waals surface area (Å²) in [4.78, 5) is 15.7. The van der Waals surface area contributed by atoms with Crippen LogP contribution in [0.3, 0.4) is 0 Å². The van der Waals surface area contributed by atoms with E-state index in [1.165, 1.54) is 0 Å². The first-order chi connectivity index (χ1) is 13.5. The molecule has 0 bridgehead atoms. The Bertz CT molecular complexity index is 918. The van der Waals surface area contributed by atoms with Crippen LogP contribution in [0.2, 0.25) is 10.0 Å². The van der Waals surface area contributed by atoms with Crippen LogP contribution in [0.5, 0.6) is 0 Å². The minimum Gasteiger partial charge on any atom is -0.354 e. The van der Waals surface area contributed by atoms with Gasteiger partial charge in [-0.05, 0) is 51.3 Å². The second-order valence-corrected chi connectivity index (χ2v) is 7.27. The Balaban J connectivity index is 1.87. The van der Waals surface area contributed by atoms with Gasteiger partial charge in [0.1, 0.15) is 5.82 Å². The third-order valence-electron chi connectivity index (χ3n) is 3.93. The number of pyridine rings is 1. The minimum atomic E-state index is 0.447. The Morgan fingerprint density at radius 1 is 1.00 bits per heavy atom. The number of nitrogens with zero attached hydrogens (tertiary/aromatic N) is 4. The maximum Gasteiger partial charge on any atom is 0.225 e. The van der Waals surface area contributed by atoms with E-state index < -0.39 is 0 Å². The summed E-state index contributed by atoms with van der Waals surface area (Å²) in [5.74, 6) is 1.14. The minimum absolute atomic E-state index is 0.447. The van der Waals surface area contributed by atoms with Gasteiger partial charge in [-0.3, -0.25) is 4.98 Å². The highest BCUT2D eigenvalue weighted by Crippen LogP contribution is 2.32. The van der Waals surface area contributed by atoms with Gasteiger partial charge in [0.25, 0.3) is 0 Å². The molecule has 0 aliphatic carbocycles. The molecule has 1 aromatic carbocycles. The highest BCUT2D eigenvalue weighted by atomic mass is 35.5. The molecule has 0 unspecified atom stereocenters. The summed E-state index contributed by atoms with van der Waals surface area (Å²) in [5, 5.41) is 7.44. The second kappa shape index (κ2) is 9.68. The lowest BCUT2D eigenvalue weighted by molar-refractivity contribution is 0.405. The number of anilines is 3. The largest absolute Gasteiger partial charge is 0.354 e. The zero-order valence-corrected chi connectivity index (χ0v) is 17.3.